The van der Waals surface area contributed by atoms with Gasteiger partial charge in [0.15, 0.2) is 0 Å². The molecule has 0 amide bonds. The van der Waals surface area contributed by atoms with Crippen molar-refractivity contribution in [3.05, 3.63) is 59.6 Å². The van der Waals surface area contributed by atoms with Gasteiger partial charge in [0.05, 0.1) is 28.7 Å². The molecule has 0 saturated heterocycles. The molecule has 4 aromatic rings. The molecule has 2 unspecified atom stereocenters. The van der Waals surface area contributed by atoms with Gasteiger partial charge in [-0.15, -0.1) is 0 Å². The minimum Gasteiger partial charge on any atom is -0.396 e. The van der Waals surface area contributed by atoms with Crippen LogP contribution in [0.5, 0.6) is 0 Å². The molecule has 7 heteroatoms. The maximum atomic E-state index is 10.5. The number of rotatable bonds is 5. The van der Waals surface area contributed by atoms with E-state index in [0.29, 0.717) is 0 Å². The summed E-state index contributed by atoms with van der Waals surface area (Å²) in [5, 5.41) is 31.9. The summed E-state index contributed by atoms with van der Waals surface area (Å²) in [5.41, 5.74) is 8.74. The number of benzene rings is 2. The number of nitrogens with zero attached hydrogens (tertiary/aromatic N) is 2. The van der Waals surface area contributed by atoms with E-state index in [2.05, 4.69) is 52.0 Å². The summed E-state index contributed by atoms with van der Waals surface area (Å²) >= 11 is 0. The van der Waals surface area contributed by atoms with Crippen molar-refractivity contribution in [1.29, 1.82) is 0 Å². The van der Waals surface area contributed by atoms with Gasteiger partial charge in [-0.2, -0.15) is 0 Å². The second kappa shape index (κ2) is 7.93. The summed E-state index contributed by atoms with van der Waals surface area (Å²) in [6.45, 7) is 5.86. The molecule has 7 nitrogen and oxygen atoms in total. The highest BCUT2D eigenvalue weighted by Crippen LogP contribution is 2.46. The SMILES string of the molecule is Cc1ccc2ncccc2c1-c1cc(-c2c(C)noc2C)cc2c1NC(C(O)CCO)N2. The molecule has 0 fully saturated rings. The Labute approximate surface area is 186 Å². The van der Waals surface area contributed by atoms with E-state index in [0.717, 1.165) is 61.5 Å². The molecule has 1 aliphatic rings. The van der Waals surface area contributed by atoms with Crippen molar-refractivity contribution in [1.82, 2.24) is 10.1 Å². The smallest absolute Gasteiger partial charge is 0.141 e. The number of aryl methyl sites for hydroxylation is 3. The topological polar surface area (TPSA) is 103 Å². The van der Waals surface area contributed by atoms with E-state index in [1.165, 1.54) is 0 Å². The van der Waals surface area contributed by atoms with Gasteiger partial charge in [-0.3, -0.25) is 4.98 Å². The summed E-state index contributed by atoms with van der Waals surface area (Å²) in [7, 11) is 0. The molecule has 0 aliphatic carbocycles. The summed E-state index contributed by atoms with van der Waals surface area (Å²) in [4.78, 5) is 4.54. The van der Waals surface area contributed by atoms with Gasteiger partial charge in [0.1, 0.15) is 11.9 Å². The number of aliphatic hydroxyl groups is 2. The molecule has 2 aromatic carbocycles. The lowest BCUT2D eigenvalue weighted by atomic mass is 9.91. The lowest BCUT2D eigenvalue weighted by molar-refractivity contribution is 0.123. The summed E-state index contributed by atoms with van der Waals surface area (Å²) in [5.74, 6) is 0.757. The van der Waals surface area contributed by atoms with Gasteiger partial charge < -0.3 is 25.4 Å². The second-order valence-electron chi connectivity index (χ2n) is 8.32. The van der Waals surface area contributed by atoms with Gasteiger partial charge in [-0.25, -0.2) is 0 Å². The van der Waals surface area contributed by atoms with Crippen LogP contribution in [0, 0.1) is 20.8 Å². The molecule has 2 aromatic heterocycles. The molecule has 3 heterocycles. The molecular formula is C25H26N4O3. The molecule has 0 bridgehead atoms. The van der Waals surface area contributed by atoms with Gasteiger partial charge in [0.25, 0.3) is 0 Å². The molecular weight excluding hydrogens is 404 g/mol. The Morgan fingerprint density at radius 3 is 2.69 bits per heavy atom. The standard InChI is InChI=1S/C25H26N4O3/c1-13-6-7-19-17(5-4-9-26-19)22(13)18-11-16(23-14(2)29-32-15(23)3)12-20-24(18)28-25(27-20)21(31)8-10-30/h4-7,9,11-12,21,25,27-28,30-31H,8,10H2,1-3H3. The highest BCUT2D eigenvalue weighted by Gasteiger charge is 2.30. The molecule has 4 N–H and O–H groups in total. The van der Waals surface area contributed by atoms with Crippen molar-refractivity contribution in [2.75, 3.05) is 17.2 Å². The van der Waals surface area contributed by atoms with Crippen molar-refractivity contribution in [3.63, 3.8) is 0 Å². The van der Waals surface area contributed by atoms with Crippen LogP contribution in [0.3, 0.4) is 0 Å². The van der Waals surface area contributed by atoms with E-state index in [-0.39, 0.29) is 13.0 Å². The van der Waals surface area contributed by atoms with Crippen LogP contribution < -0.4 is 10.6 Å². The van der Waals surface area contributed by atoms with Crippen LogP contribution in [0.15, 0.2) is 47.1 Å². The molecule has 0 saturated carbocycles. The Bertz CT molecular complexity index is 1290. The fourth-order valence-electron chi connectivity index (χ4n) is 4.62. The van der Waals surface area contributed by atoms with Crippen LogP contribution in [0.2, 0.25) is 0 Å². The van der Waals surface area contributed by atoms with E-state index in [9.17, 15) is 10.2 Å². The predicted octanol–water partition coefficient (Wildman–Crippen LogP) is 4.39. The second-order valence-corrected chi connectivity index (χ2v) is 8.32. The minimum atomic E-state index is -0.738. The van der Waals surface area contributed by atoms with Crippen LogP contribution >= 0.6 is 0 Å². The van der Waals surface area contributed by atoms with Crippen LogP contribution in [0.4, 0.5) is 11.4 Å². The van der Waals surface area contributed by atoms with Crippen molar-refractivity contribution in [2.45, 2.75) is 39.5 Å². The zero-order valence-corrected chi connectivity index (χ0v) is 18.3. The number of anilines is 2. The van der Waals surface area contributed by atoms with Gasteiger partial charge in [0, 0.05) is 35.7 Å². The van der Waals surface area contributed by atoms with Crippen LogP contribution in [-0.4, -0.2) is 39.2 Å². The van der Waals surface area contributed by atoms with Crippen molar-refractivity contribution in [2.24, 2.45) is 0 Å². The quantitative estimate of drug-likeness (QED) is 0.372. The Hall–Kier alpha value is -3.42. The van der Waals surface area contributed by atoms with Crippen molar-refractivity contribution < 1.29 is 14.7 Å². The molecule has 164 valence electrons. The molecule has 0 radical (unpaired) electrons. The van der Waals surface area contributed by atoms with E-state index in [4.69, 9.17) is 4.52 Å². The first-order valence-electron chi connectivity index (χ1n) is 10.8. The average Bonchev–Trinajstić information content (AvgIpc) is 3.36. The summed E-state index contributed by atoms with van der Waals surface area (Å²) in [6.07, 6.45) is 0.942. The van der Waals surface area contributed by atoms with E-state index in [1.54, 1.807) is 6.20 Å². The van der Waals surface area contributed by atoms with E-state index >= 15 is 0 Å². The van der Waals surface area contributed by atoms with Gasteiger partial charge >= 0.3 is 0 Å². The minimum absolute atomic E-state index is 0.0807. The predicted molar refractivity (Wildman–Crippen MR) is 126 cm³/mol. The lowest BCUT2D eigenvalue weighted by Gasteiger charge is -2.19. The summed E-state index contributed by atoms with van der Waals surface area (Å²) < 4.78 is 5.44. The number of nitrogens with one attached hydrogen (secondary N) is 2. The third-order valence-electron chi connectivity index (χ3n) is 6.14. The number of fused-ring (bicyclic) bond motifs is 2. The Kier molecular flexibility index (Phi) is 5.07. The first-order valence-corrected chi connectivity index (χ1v) is 10.8. The molecule has 5 rings (SSSR count). The van der Waals surface area contributed by atoms with Crippen molar-refractivity contribution >= 4 is 22.3 Å². The van der Waals surface area contributed by atoms with Crippen LogP contribution in [0.1, 0.15) is 23.4 Å². The fraction of sp³-hybridized carbons (Fsp3) is 0.280. The molecule has 1 aliphatic heterocycles. The number of pyridine rings is 1. The van der Waals surface area contributed by atoms with E-state index in [1.807, 2.05) is 26.0 Å². The zero-order valence-electron chi connectivity index (χ0n) is 18.3. The number of hydrogen-bond donors (Lipinski definition) is 4. The third kappa shape index (κ3) is 3.30. The van der Waals surface area contributed by atoms with Crippen LogP contribution in [-0.2, 0) is 0 Å². The first kappa shape index (κ1) is 20.5. The fourth-order valence-corrected chi connectivity index (χ4v) is 4.62. The molecule has 2 atom stereocenters. The average molecular weight is 431 g/mol. The Morgan fingerprint density at radius 2 is 1.94 bits per heavy atom. The maximum absolute atomic E-state index is 10.5. The largest absolute Gasteiger partial charge is 0.396 e. The zero-order chi connectivity index (χ0) is 22.4. The highest BCUT2D eigenvalue weighted by molar-refractivity contribution is 6.04. The maximum Gasteiger partial charge on any atom is 0.141 e. The van der Waals surface area contributed by atoms with Gasteiger partial charge in [-0.05, 0) is 61.7 Å². The van der Waals surface area contributed by atoms with Gasteiger partial charge in [0.2, 0.25) is 0 Å². The lowest BCUT2D eigenvalue weighted by Crippen LogP contribution is -2.36. The first-order chi connectivity index (χ1) is 15.5. The summed E-state index contributed by atoms with van der Waals surface area (Å²) in [6, 6.07) is 12.4. The highest BCUT2D eigenvalue weighted by atomic mass is 16.5. The molecule has 32 heavy (non-hydrogen) atoms. The Morgan fingerprint density at radius 1 is 1.09 bits per heavy atom. The number of hydrogen-bond acceptors (Lipinski definition) is 7. The number of aromatic nitrogens is 2. The molecule has 0 spiro atoms. The Balaban J connectivity index is 1.76. The van der Waals surface area contributed by atoms with E-state index < -0.39 is 12.3 Å². The normalized spacial score (nSPS) is 16.0. The number of aliphatic hydroxyl groups excluding tert-OH is 2. The van der Waals surface area contributed by atoms with Crippen molar-refractivity contribution in [3.8, 4) is 22.3 Å². The van der Waals surface area contributed by atoms with Gasteiger partial charge in [-0.1, -0.05) is 17.3 Å². The third-order valence-corrected chi connectivity index (χ3v) is 6.14. The van der Waals surface area contributed by atoms with Crippen LogP contribution in [0.25, 0.3) is 33.2 Å². The monoisotopic (exact) mass is 430 g/mol.